The van der Waals surface area contributed by atoms with E-state index in [2.05, 4.69) is 17.6 Å². The molecule has 5 heteroatoms. The Bertz CT molecular complexity index is 772. The van der Waals surface area contributed by atoms with Gasteiger partial charge in [0.15, 0.2) is 6.61 Å². The second kappa shape index (κ2) is 9.61. The van der Waals surface area contributed by atoms with Crippen LogP contribution in [0.1, 0.15) is 41.3 Å². The first-order chi connectivity index (χ1) is 12.5. The zero-order chi connectivity index (χ0) is 18.9. The van der Waals surface area contributed by atoms with Crippen molar-refractivity contribution in [3.05, 3.63) is 59.2 Å². The van der Waals surface area contributed by atoms with Crippen molar-refractivity contribution < 1.29 is 14.3 Å². The van der Waals surface area contributed by atoms with Crippen molar-refractivity contribution in [1.82, 2.24) is 5.32 Å². The van der Waals surface area contributed by atoms with E-state index in [4.69, 9.17) is 4.74 Å². The van der Waals surface area contributed by atoms with Crippen molar-refractivity contribution >= 4 is 17.5 Å². The lowest BCUT2D eigenvalue weighted by molar-refractivity contribution is -0.118. The molecule has 0 unspecified atom stereocenters. The van der Waals surface area contributed by atoms with E-state index in [-0.39, 0.29) is 18.4 Å². The summed E-state index contributed by atoms with van der Waals surface area (Å²) >= 11 is 0. The molecule has 0 bridgehead atoms. The number of aryl methyl sites for hydroxylation is 2. The fourth-order valence-electron chi connectivity index (χ4n) is 2.55. The van der Waals surface area contributed by atoms with Crippen molar-refractivity contribution in [1.29, 1.82) is 0 Å². The Morgan fingerprint density at radius 1 is 1.08 bits per heavy atom. The number of carbonyl (C=O) groups excluding carboxylic acids is 2. The monoisotopic (exact) mass is 354 g/mol. The molecule has 5 nitrogen and oxygen atoms in total. The fourth-order valence-corrected chi connectivity index (χ4v) is 2.55. The van der Waals surface area contributed by atoms with Crippen LogP contribution in [0.2, 0.25) is 0 Å². The van der Waals surface area contributed by atoms with Crippen LogP contribution in [0.15, 0.2) is 42.5 Å². The Labute approximate surface area is 154 Å². The Kier molecular flexibility index (Phi) is 7.21. The number of hydrogen-bond donors (Lipinski definition) is 2. The van der Waals surface area contributed by atoms with Crippen molar-refractivity contribution in [3.8, 4) is 5.75 Å². The van der Waals surface area contributed by atoms with Gasteiger partial charge in [-0.2, -0.15) is 0 Å². The topological polar surface area (TPSA) is 67.4 Å². The molecule has 0 aliphatic heterocycles. The minimum absolute atomic E-state index is 0.115. The summed E-state index contributed by atoms with van der Waals surface area (Å²) in [5, 5.41) is 5.62. The molecule has 0 aliphatic carbocycles. The Morgan fingerprint density at radius 3 is 2.58 bits per heavy atom. The molecule has 0 heterocycles. The molecular formula is C21H26N2O3. The molecule has 26 heavy (non-hydrogen) atoms. The number of rotatable bonds is 8. The molecule has 0 aliphatic rings. The number of para-hydroxylation sites is 1. The number of benzene rings is 2. The predicted molar refractivity (Wildman–Crippen MR) is 104 cm³/mol. The fraction of sp³-hybridized carbons (Fsp3) is 0.333. The van der Waals surface area contributed by atoms with Crippen LogP contribution in [0.25, 0.3) is 0 Å². The molecule has 2 rings (SSSR count). The van der Waals surface area contributed by atoms with Crippen molar-refractivity contribution in [3.63, 3.8) is 0 Å². The lowest BCUT2D eigenvalue weighted by atomic mass is 10.1. The number of carbonyl (C=O) groups is 2. The summed E-state index contributed by atoms with van der Waals surface area (Å²) in [7, 11) is 0. The molecule has 2 aromatic carbocycles. The summed E-state index contributed by atoms with van der Waals surface area (Å²) in [5.41, 5.74) is 3.05. The zero-order valence-corrected chi connectivity index (χ0v) is 15.6. The average Bonchev–Trinajstić information content (AvgIpc) is 2.61. The third kappa shape index (κ3) is 5.62. The van der Waals surface area contributed by atoms with Crippen molar-refractivity contribution in [2.45, 2.75) is 33.6 Å². The second-order valence-electron chi connectivity index (χ2n) is 6.26. The summed E-state index contributed by atoms with van der Waals surface area (Å²) in [6.07, 6.45) is 1.93. The first-order valence-electron chi connectivity index (χ1n) is 8.88. The molecule has 2 N–H and O–H groups in total. The molecule has 0 saturated heterocycles. The SMILES string of the molecule is CCCCNC(=O)c1ccccc1NC(=O)COc1ccc(C)cc1C. The van der Waals surface area contributed by atoms with Crippen LogP contribution in [-0.2, 0) is 4.79 Å². The highest BCUT2D eigenvalue weighted by molar-refractivity contribution is 6.04. The molecule has 0 aromatic heterocycles. The normalized spacial score (nSPS) is 10.3. The largest absolute Gasteiger partial charge is 0.483 e. The maximum atomic E-state index is 12.3. The van der Waals surface area contributed by atoms with Gasteiger partial charge in [0.05, 0.1) is 11.3 Å². The van der Waals surface area contributed by atoms with Crippen molar-refractivity contribution in [2.24, 2.45) is 0 Å². The molecule has 0 saturated carbocycles. The van der Waals surface area contributed by atoms with Crippen LogP contribution in [0, 0.1) is 13.8 Å². The molecule has 138 valence electrons. The summed E-state index contributed by atoms with van der Waals surface area (Å²) in [6.45, 7) is 6.52. The van der Waals surface area contributed by atoms with Gasteiger partial charge < -0.3 is 15.4 Å². The van der Waals surface area contributed by atoms with Gasteiger partial charge in [0.2, 0.25) is 0 Å². The number of nitrogens with one attached hydrogen (secondary N) is 2. The number of hydrogen-bond acceptors (Lipinski definition) is 3. The lowest BCUT2D eigenvalue weighted by Gasteiger charge is -2.13. The Morgan fingerprint density at radius 2 is 1.85 bits per heavy atom. The smallest absolute Gasteiger partial charge is 0.262 e. The Hall–Kier alpha value is -2.82. The van der Waals surface area contributed by atoms with E-state index in [0.717, 1.165) is 24.0 Å². The molecule has 0 atom stereocenters. The van der Waals surface area contributed by atoms with E-state index >= 15 is 0 Å². The van der Waals surface area contributed by atoms with Gasteiger partial charge in [-0.3, -0.25) is 9.59 Å². The van der Waals surface area contributed by atoms with E-state index in [1.54, 1.807) is 24.3 Å². The quantitative estimate of drug-likeness (QED) is 0.708. The van der Waals surface area contributed by atoms with Gasteiger partial charge in [-0.25, -0.2) is 0 Å². The maximum absolute atomic E-state index is 12.3. The average molecular weight is 354 g/mol. The van der Waals surface area contributed by atoms with Gasteiger partial charge in [0.1, 0.15) is 5.75 Å². The zero-order valence-electron chi connectivity index (χ0n) is 15.6. The highest BCUT2D eigenvalue weighted by atomic mass is 16.5. The van der Waals surface area contributed by atoms with Crippen LogP contribution >= 0.6 is 0 Å². The summed E-state index contributed by atoms with van der Waals surface area (Å²) in [4.78, 5) is 24.5. The van der Waals surface area contributed by atoms with Crippen LogP contribution in [0.3, 0.4) is 0 Å². The lowest BCUT2D eigenvalue weighted by Crippen LogP contribution is -2.27. The molecule has 0 spiro atoms. The highest BCUT2D eigenvalue weighted by Gasteiger charge is 2.13. The van der Waals surface area contributed by atoms with E-state index in [1.807, 2.05) is 32.0 Å². The Balaban J connectivity index is 1.97. The van der Waals surface area contributed by atoms with Gasteiger partial charge in [-0.05, 0) is 44.0 Å². The van der Waals surface area contributed by atoms with Gasteiger partial charge >= 0.3 is 0 Å². The number of unbranched alkanes of at least 4 members (excludes halogenated alkanes) is 1. The third-order valence-corrected chi connectivity index (χ3v) is 3.95. The summed E-state index contributed by atoms with van der Waals surface area (Å²) < 4.78 is 5.59. The highest BCUT2D eigenvalue weighted by Crippen LogP contribution is 2.19. The van der Waals surface area contributed by atoms with E-state index in [1.165, 1.54) is 0 Å². The van der Waals surface area contributed by atoms with E-state index < -0.39 is 0 Å². The predicted octanol–water partition coefficient (Wildman–Crippen LogP) is 3.85. The molecule has 0 radical (unpaired) electrons. The van der Waals surface area contributed by atoms with Gasteiger partial charge in [-0.15, -0.1) is 0 Å². The molecule has 2 amide bonds. The third-order valence-electron chi connectivity index (χ3n) is 3.95. The minimum atomic E-state index is -0.307. The number of ether oxygens (including phenoxy) is 1. The first kappa shape index (κ1) is 19.5. The second-order valence-corrected chi connectivity index (χ2v) is 6.26. The van der Waals surface area contributed by atoms with Crippen LogP contribution < -0.4 is 15.4 Å². The molecular weight excluding hydrogens is 328 g/mol. The minimum Gasteiger partial charge on any atom is -0.483 e. The van der Waals surface area contributed by atoms with Crippen LogP contribution in [0.4, 0.5) is 5.69 Å². The van der Waals surface area contributed by atoms with E-state index in [9.17, 15) is 9.59 Å². The van der Waals surface area contributed by atoms with Gasteiger partial charge in [0, 0.05) is 6.54 Å². The first-order valence-corrected chi connectivity index (χ1v) is 8.88. The van der Waals surface area contributed by atoms with Gasteiger partial charge in [-0.1, -0.05) is 43.2 Å². The van der Waals surface area contributed by atoms with E-state index in [0.29, 0.717) is 23.5 Å². The van der Waals surface area contributed by atoms with Crippen molar-refractivity contribution in [2.75, 3.05) is 18.5 Å². The van der Waals surface area contributed by atoms with Gasteiger partial charge in [0.25, 0.3) is 11.8 Å². The number of anilines is 1. The standard InChI is InChI=1S/C21H26N2O3/c1-4-5-12-22-21(25)17-8-6-7-9-18(17)23-20(24)14-26-19-11-10-15(2)13-16(19)3/h6-11,13H,4-5,12,14H2,1-3H3,(H,22,25)(H,23,24). The van der Waals surface area contributed by atoms with Crippen LogP contribution in [0.5, 0.6) is 5.75 Å². The summed E-state index contributed by atoms with van der Waals surface area (Å²) in [6, 6.07) is 12.8. The maximum Gasteiger partial charge on any atom is 0.262 e. The molecule has 0 fully saturated rings. The summed E-state index contributed by atoms with van der Waals surface area (Å²) in [5.74, 6) is 0.180. The van der Waals surface area contributed by atoms with Crippen LogP contribution in [-0.4, -0.2) is 25.0 Å². The molecule has 2 aromatic rings. The number of amides is 2.